The summed E-state index contributed by atoms with van der Waals surface area (Å²) in [5, 5.41) is 4.00. The first-order valence-electron chi connectivity index (χ1n) is 7.72. The Hall–Kier alpha value is -1.24. The molecule has 2 aromatic rings. The number of rotatable bonds is 3. The van der Waals surface area contributed by atoms with Gasteiger partial charge >= 0.3 is 0 Å². The average Bonchev–Trinajstić information content (AvgIpc) is 3.27. The monoisotopic (exact) mass is 333 g/mol. The number of fused-ring (bicyclic) bond motifs is 1. The van der Waals surface area contributed by atoms with Gasteiger partial charge in [-0.2, -0.15) is 0 Å². The standard InChI is InChI=1S/C16H19N3OS2/c20-16(15-10-21-11-17-15)19-4-3-12-6-18(7-13(12)8-19)9-14-2-1-5-22-14/h1-2,5,10-13H,3-4,6-9H2/t12-,13-/m0/s1. The fourth-order valence-corrected chi connectivity index (χ4v) is 4.95. The van der Waals surface area contributed by atoms with Gasteiger partial charge in [0.25, 0.3) is 5.91 Å². The van der Waals surface area contributed by atoms with Crippen molar-refractivity contribution in [2.45, 2.75) is 13.0 Å². The van der Waals surface area contributed by atoms with E-state index in [4.69, 9.17) is 0 Å². The van der Waals surface area contributed by atoms with Gasteiger partial charge in [0.05, 0.1) is 5.51 Å². The molecular formula is C16H19N3OS2. The Morgan fingerprint density at radius 3 is 3.00 bits per heavy atom. The van der Waals surface area contributed by atoms with E-state index in [1.807, 2.05) is 21.6 Å². The number of likely N-dealkylation sites (tertiary alicyclic amines) is 2. The molecule has 0 N–H and O–H groups in total. The van der Waals surface area contributed by atoms with Gasteiger partial charge in [0.1, 0.15) is 5.69 Å². The smallest absolute Gasteiger partial charge is 0.273 e. The van der Waals surface area contributed by atoms with E-state index >= 15 is 0 Å². The minimum Gasteiger partial charge on any atom is -0.337 e. The van der Waals surface area contributed by atoms with Crippen molar-refractivity contribution in [3.63, 3.8) is 0 Å². The van der Waals surface area contributed by atoms with Crippen molar-refractivity contribution in [1.29, 1.82) is 0 Å². The molecule has 2 saturated heterocycles. The molecule has 0 spiro atoms. The number of nitrogens with zero attached hydrogens (tertiary/aromatic N) is 3. The zero-order chi connectivity index (χ0) is 14.9. The Balaban J connectivity index is 1.38. The number of aromatic nitrogens is 1. The topological polar surface area (TPSA) is 36.4 Å². The molecule has 2 fully saturated rings. The van der Waals surface area contributed by atoms with E-state index in [2.05, 4.69) is 27.4 Å². The van der Waals surface area contributed by atoms with Crippen molar-refractivity contribution >= 4 is 28.6 Å². The fourth-order valence-electron chi connectivity index (χ4n) is 3.68. The SMILES string of the molecule is O=C(c1cscn1)N1CC[C@H]2CN(Cc3cccs3)C[C@H]2C1. The molecule has 4 heterocycles. The molecule has 4 rings (SSSR count). The molecule has 0 unspecified atom stereocenters. The fraction of sp³-hybridized carbons (Fsp3) is 0.500. The number of amides is 1. The van der Waals surface area contributed by atoms with Crippen LogP contribution in [0.15, 0.2) is 28.4 Å². The van der Waals surface area contributed by atoms with Crippen molar-refractivity contribution in [2.24, 2.45) is 11.8 Å². The summed E-state index contributed by atoms with van der Waals surface area (Å²) >= 11 is 3.32. The molecule has 2 aromatic heterocycles. The second-order valence-corrected chi connectivity index (χ2v) is 7.96. The summed E-state index contributed by atoms with van der Waals surface area (Å²) in [6.45, 7) is 5.13. The average molecular weight is 333 g/mol. The maximum Gasteiger partial charge on any atom is 0.273 e. The summed E-state index contributed by atoms with van der Waals surface area (Å²) in [4.78, 5) is 22.6. The lowest BCUT2D eigenvalue weighted by Gasteiger charge is -2.34. The molecule has 2 aliphatic rings. The van der Waals surface area contributed by atoms with Gasteiger partial charge in [0.15, 0.2) is 0 Å². The number of hydrogen-bond donors (Lipinski definition) is 0. The Morgan fingerprint density at radius 1 is 1.32 bits per heavy atom. The zero-order valence-corrected chi connectivity index (χ0v) is 14.0. The first kappa shape index (κ1) is 14.4. The lowest BCUT2D eigenvalue weighted by atomic mass is 9.88. The van der Waals surface area contributed by atoms with Crippen molar-refractivity contribution in [3.05, 3.63) is 39.0 Å². The highest BCUT2D eigenvalue weighted by molar-refractivity contribution is 7.09. The van der Waals surface area contributed by atoms with Gasteiger partial charge in [-0.1, -0.05) is 6.07 Å². The van der Waals surface area contributed by atoms with E-state index in [0.717, 1.165) is 38.5 Å². The van der Waals surface area contributed by atoms with Gasteiger partial charge < -0.3 is 4.90 Å². The Kier molecular flexibility index (Phi) is 3.98. The van der Waals surface area contributed by atoms with Gasteiger partial charge in [-0.25, -0.2) is 4.98 Å². The molecule has 1 amide bonds. The van der Waals surface area contributed by atoms with Crippen LogP contribution >= 0.6 is 22.7 Å². The van der Waals surface area contributed by atoms with Crippen molar-refractivity contribution in [3.8, 4) is 0 Å². The third-order valence-electron chi connectivity index (χ3n) is 4.77. The maximum atomic E-state index is 12.4. The van der Waals surface area contributed by atoms with Crippen LogP contribution in [0.25, 0.3) is 0 Å². The van der Waals surface area contributed by atoms with Gasteiger partial charge in [0.2, 0.25) is 0 Å². The number of hydrogen-bond acceptors (Lipinski definition) is 5. The first-order valence-corrected chi connectivity index (χ1v) is 9.54. The quantitative estimate of drug-likeness (QED) is 0.867. The minimum absolute atomic E-state index is 0.108. The van der Waals surface area contributed by atoms with Crippen LogP contribution in [0.3, 0.4) is 0 Å². The van der Waals surface area contributed by atoms with Crippen LogP contribution in [-0.4, -0.2) is 46.9 Å². The zero-order valence-electron chi connectivity index (χ0n) is 12.4. The minimum atomic E-state index is 0.108. The molecular weight excluding hydrogens is 314 g/mol. The van der Waals surface area contributed by atoms with Crippen LogP contribution in [-0.2, 0) is 6.54 Å². The first-order chi connectivity index (χ1) is 10.8. The Bertz CT molecular complexity index is 626. The summed E-state index contributed by atoms with van der Waals surface area (Å²) in [7, 11) is 0. The Labute approximate surface area is 138 Å². The van der Waals surface area contributed by atoms with Crippen LogP contribution in [0.2, 0.25) is 0 Å². The summed E-state index contributed by atoms with van der Waals surface area (Å²) in [5.41, 5.74) is 2.34. The lowest BCUT2D eigenvalue weighted by Crippen LogP contribution is -2.43. The third-order valence-corrected chi connectivity index (χ3v) is 6.22. The van der Waals surface area contributed by atoms with Gasteiger partial charge in [-0.3, -0.25) is 9.69 Å². The van der Waals surface area contributed by atoms with Gasteiger partial charge in [-0.15, -0.1) is 22.7 Å². The second kappa shape index (κ2) is 6.10. The summed E-state index contributed by atoms with van der Waals surface area (Å²) in [5.74, 6) is 1.48. The Morgan fingerprint density at radius 2 is 2.23 bits per heavy atom. The van der Waals surface area contributed by atoms with Crippen LogP contribution in [0.5, 0.6) is 0 Å². The normalized spacial score (nSPS) is 25.4. The van der Waals surface area contributed by atoms with Crippen LogP contribution in [0.4, 0.5) is 0 Å². The summed E-state index contributed by atoms with van der Waals surface area (Å²) in [6.07, 6.45) is 1.13. The molecule has 2 aliphatic heterocycles. The predicted molar refractivity (Wildman–Crippen MR) is 89.2 cm³/mol. The number of piperidine rings is 1. The van der Waals surface area contributed by atoms with E-state index in [0.29, 0.717) is 11.6 Å². The lowest BCUT2D eigenvalue weighted by molar-refractivity contribution is 0.0637. The number of carbonyl (C=O) groups excluding carboxylic acids is 1. The molecule has 0 aliphatic carbocycles. The van der Waals surface area contributed by atoms with Crippen LogP contribution in [0.1, 0.15) is 21.8 Å². The molecule has 0 saturated carbocycles. The summed E-state index contributed by atoms with van der Waals surface area (Å²) in [6, 6.07) is 4.34. The number of carbonyl (C=O) groups is 1. The maximum absolute atomic E-state index is 12.4. The van der Waals surface area contributed by atoms with Gasteiger partial charge in [0, 0.05) is 43.0 Å². The van der Waals surface area contributed by atoms with E-state index in [1.165, 1.54) is 22.8 Å². The highest BCUT2D eigenvalue weighted by atomic mass is 32.1. The molecule has 6 heteroatoms. The molecule has 116 valence electrons. The molecule has 0 aromatic carbocycles. The molecule has 22 heavy (non-hydrogen) atoms. The number of thiophene rings is 1. The third kappa shape index (κ3) is 2.83. The van der Waals surface area contributed by atoms with E-state index in [9.17, 15) is 4.79 Å². The van der Waals surface area contributed by atoms with E-state index in [1.54, 1.807) is 5.51 Å². The highest BCUT2D eigenvalue weighted by Gasteiger charge is 2.38. The number of thiazole rings is 1. The molecule has 0 bridgehead atoms. The predicted octanol–water partition coefficient (Wildman–Crippen LogP) is 2.80. The highest BCUT2D eigenvalue weighted by Crippen LogP contribution is 2.32. The van der Waals surface area contributed by atoms with Crippen LogP contribution in [0, 0.1) is 11.8 Å². The van der Waals surface area contributed by atoms with E-state index in [-0.39, 0.29) is 5.91 Å². The van der Waals surface area contributed by atoms with E-state index < -0.39 is 0 Å². The molecule has 0 radical (unpaired) electrons. The molecule has 4 nitrogen and oxygen atoms in total. The summed E-state index contributed by atoms with van der Waals surface area (Å²) < 4.78 is 0. The largest absolute Gasteiger partial charge is 0.337 e. The van der Waals surface area contributed by atoms with Crippen molar-refractivity contribution in [1.82, 2.24) is 14.8 Å². The van der Waals surface area contributed by atoms with Crippen molar-refractivity contribution in [2.75, 3.05) is 26.2 Å². The second-order valence-electron chi connectivity index (χ2n) is 6.21. The molecule has 2 atom stereocenters. The van der Waals surface area contributed by atoms with Crippen LogP contribution < -0.4 is 0 Å². The van der Waals surface area contributed by atoms with Gasteiger partial charge in [-0.05, 0) is 29.7 Å². The van der Waals surface area contributed by atoms with Crippen molar-refractivity contribution < 1.29 is 4.79 Å².